The highest BCUT2D eigenvalue weighted by Gasteiger charge is 2.40. The highest BCUT2D eigenvalue weighted by Crippen LogP contribution is 2.40. The van der Waals surface area contributed by atoms with Gasteiger partial charge in [-0.1, -0.05) is 0 Å². The summed E-state index contributed by atoms with van der Waals surface area (Å²) in [5.41, 5.74) is 4.05. The van der Waals surface area contributed by atoms with Crippen molar-refractivity contribution in [1.29, 1.82) is 0 Å². The van der Waals surface area contributed by atoms with Crippen LogP contribution in [0.3, 0.4) is 0 Å². The molecule has 0 unspecified atom stereocenters. The van der Waals surface area contributed by atoms with Gasteiger partial charge in [0, 0.05) is 18.7 Å². The van der Waals surface area contributed by atoms with Crippen LogP contribution in [0.15, 0.2) is 29.8 Å². The van der Waals surface area contributed by atoms with Gasteiger partial charge in [-0.05, 0) is 67.2 Å². The van der Waals surface area contributed by atoms with Crippen molar-refractivity contribution in [2.75, 3.05) is 61.7 Å². The number of piperazine rings is 1. The van der Waals surface area contributed by atoms with Crippen LogP contribution in [-0.2, 0) is 17.8 Å². The van der Waals surface area contributed by atoms with E-state index < -0.39 is 0 Å². The Bertz CT molecular complexity index is 1130. The van der Waals surface area contributed by atoms with E-state index >= 15 is 0 Å². The van der Waals surface area contributed by atoms with Gasteiger partial charge >= 0.3 is 5.91 Å². The fourth-order valence-corrected chi connectivity index (χ4v) is 5.48. The summed E-state index contributed by atoms with van der Waals surface area (Å²) in [7, 11) is 8.11. The third-order valence-electron chi connectivity index (χ3n) is 7.47. The highest BCUT2D eigenvalue weighted by molar-refractivity contribution is 5.94. The number of ether oxygens (including phenoxy) is 5. The molecule has 0 atom stereocenters. The van der Waals surface area contributed by atoms with E-state index in [2.05, 4.69) is 11.4 Å². The smallest absolute Gasteiger partial charge is 0.342 e. The molecule has 2 aliphatic rings. The third kappa shape index (κ3) is 6.03. The van der Waals surface area contributed by atoms with Crippen LogP contribution in [-0.4, -0.2) is 72.1 Å². The number of methoxy groups -OCH3 is 5. The van der Waals surface area contributed by atoms with Crippen molar-refractivity contribution in [2.45, 2.75) is 32.2 Å². The normalized spacial score (nSPS) is 16.5. The van der Waals surface area contributed by atoms with E-state index in [9.17, 15) is 4.79 Å². The summed E-state index contributed by atoms with van der Waals surface area (Å²) < 4.78 is 28.1. The summed E-state index contributed by atoms with van der Waals surface area (Å²) in [6.07, 6.45) is 5.77. The van der Waals surface area contributed by atoms with Crippen molar-refractivity contribution in [3.8, 4) is 28.7 Å². The number of quaternary nitrogens is 1. The maximum absolute atomic E-state index is 14.4. The molecular weight excluding hydrogens is 508 g/mol. The number of hydrogen-bond donors (Lipinski definition) is 1. The van der Waals surface area contributed by atoms with Gasteiger partial charge in [0.05, 0.1) is 54.2 Å². The molecule has 1 heterocycles. The zero-order valence-corrected chi connectivity index (χ0v) is 23.9. The number of aryl methyl sites for hydroxylation is 1. The zero-order valence-electron chi connectivity index (χ0n) is 23.1. The Labute approximate surface area is 231 Å². The van der Waals surface area contributed by atoms with Crippen molar-refractivity contribution in [1.82, 2.24) is 5.32 Å². The molecule has 1 aliphatic heterocycles. The number of nitrogens with one attached hydrogen (secondary N) is 1. The van der Waals surface area contributed by atoms with E-state index in [-0.39, 0.29) is 18.3 Å². The zero-order chi connectivity index (χ0) is 26.4. The van der Waals surface area contributed by atoms with E-state index in [1.165, 1.54) is 5.56 Å². The number of fused-ring (bicyclic) bond motifs is 1. The molecule has 4 rings (SSSR count). The second-order valence-corrected chi connectivity index (χ2v) is 9.62. The number of rotatable bonds is 8. The number of carbonyl (C=O) groups excluding carboxylic acids is 1. The van der Waals surface area contributed by atoms with Gasteiger partial charge in [0.1, 0.15) is 6.54 Å². The van der Waals surface area contributed by atoms with Crippen LogP contribution >= 0.6 is 12.4 Å². The summed E-state index contributed by atoms with van der Waals surface area (Å²) in [4.78, 5) is 14.4. The number of benzene rings is 2. The standard InChI is InChI=1S/C29H39N2O6.ClH/c1-33-24-17-21-8-6-7-9-22(16-23(21)18-25(24)34-2)29(32)31(12-10-30-11-13-31)19-20-14-26(35-3)28(37-5)27(15-20)36-4;/h14-18,30H,6-13,19H2,1-5H3;1H/q+1;. The molecule has 0 saturated carbocycles. The number of hydrogen-bond acceptors (Lipinski definition) is 7. The van der Waals surface area contributed by atoms with Crippen LogP contribution in [0, 0.1) is 0 Å². The summed E-state index contributed by atoms with van der Waals surface area (Å²) >= 11 is 0. The second-order valence-electron chi connectivity index (χ2n) is 9.62. The molecule has 38 heavy (non-hydrogen) atoms. The van der Waals surface area contributed by atoms with Gasteiger partial charge in [-0.15, -0.1) is 12.4 Å². The van der Waals surface area contributed by atoms with Crippen LogP contribution in [0.1, 0.15) is 36.0 Å². The molecule has 1 fully saturated rings. The quantitative estimate of drug-likeness (QED) is 0.491. The fraction of sp³-hybridized carbons (Fsp3) is 0.483. The number of amides is 1. The predicted molar refractivity (Wildman–Crippen MR) is 150 cm³/mol. The first-order valence-corrected chi connectivity index (χ1v) is 12.8. The molecule has 208 valence electrons. The fourth-order valence-electron chi connectivity index (χ4n) is 5.48. The first kappa shape index (κ1) is 29.6. The number of carbonyl (C=O) groups is 1. The van der Waals surface area contributed by atoms with Crippen LogP contribution < -0.4 is 29.0 Å². The molecule has 0 bridgehead atoms. The third-order valence-corrected chi connectivity index (χ3v) is 7.47. The van der Waals surface area contributed by atoms with Gasteiger partial charge in [0.2, 0.25) is 5.75 Å². The first-order chi connectivity index (χ1) is 18.0. The summed E-state index contributed by atoms with van der Waals surface area (Å²) in [5.74, 6) is 3.31. The Morgan fingerprint density at radius 3 is 1.95 bits per heavy atom. The lowest BCUT2D eigenvalue weighted by molar-refractivity contribution is -0.868. The van der Waals surface area contributed by atoms with Crippen molar-refractivity contribution < 1.29 is 33.0 Å². The summed E-state index contributed by atoms with van der Waals surface area (Å²) in [6.45, 7) is 3.54. The first-order valence-electron chi connectivity index (χ1n) is 12.8. The Balaban J connectivity index is 0.00000400. The molecule has 2 aromatic carbocycles. The van der Waals surface area contributed by atoms with Crippen molar-refractivity contribution >= 4 is 24.4 Å². The van der Waals surface area contributed by atoms with Crippen LogP contribution in [0.2, 0.25) is 0 Å². The molecule has 1 aliphatic carbocycles. The molecule has 0 radical (unpaired) electrons. The SMILES string of the molecule is COc1cc2c(cc1OC)CCCCC(C(=O)[N+]1(Cc3cc(OC)c(OC)c(OC)c3)CCNCC1)=C2.Cl. The van der Waals surface area contributed by atoms with Gasteiger partial charge in [-0.3, -0.25) is 4.48 Å². The lowest BCUT2D eigenvalue weighted by atomic mass is 9.92. The van der Waals surface area contributed by atoms with Crippen molar-refractivity contribution in [3.05, 3.63) is 46.5 Å². The van der Waals surface area contributed by atoms with E-state index in [1.54, 1.807) is 35.5 Å². The molecule has 1 saturated heterocycles. The van der Waals surface area contributed by atoms with E-state index in [0.717, 1.165) is 61.2 Å². The minimum atomic E-state index is 0. The Kier molecular flexibility index (Phi) is 10.3. The molecule has 1 N–H and O–H groups in total. The van der Waals surface area contributed by atoms with Gasteiger partial charge in [0.15, 0.2) is 23.0 Å². The Hall–Kier alpha value is -2.94. The predicted octanol–water partition coefficient (Wildman–Crippen LogP) is 4.41. The molecule has 1 amide bonds. The summed E-state index contributed by atoms with van der Waals surface area (Å²) in [5, 5.41) is 3.43. The minimum Gasteiger partial charge on any atom is -0.493 e. The van der Waals surface area contributed by atoms with Gasteiger partial charge < -0.3 is 29.0 Å². The topological polar surface area (TPSA) is 75.3 Å². The van der Waals surface area contributed by atoms with Crippen molar-refractivity contribution in [2.24, 2.45) is 0 Å². The number of nitrogens with zero attached hydrogens (tertiary/aromatic N) is 1. The monoisotopic (exact) mass is 547 g/mol. The Morgan fingerprint density at radius 1 is 0.789 bits per heavy atom. The molecule has 2 aromatic rings. The average molecular weight is 548 g/mol. The maximum Gasteiger partial charge on any atom is 0.342 e. The average Bonchev–Trinajstić information content (AvgIpc) is 2.92. The highest BCUT2D eigenvalue weighted by atomic mass is 35.5. The number of halogens is 1. The minimum absolute atomic E-state index is 0. The van der Waals surface area contributed by atoms with Crippen LogP contribution in [0.4, 0.5) is 0 Å². The summed E-state index contributed by atoms with van der Waals surface area (Å²) in [6, 6.07) is 7.95. The second kappa shape index (κ2) is 13.2. The molecule has 9 heteroatoms. The largest absolute Gasteiger partial charge is 0.493 e. The van der Waals surface area contributed by atoms with E-state index in [4.69, 9.17) is 23.7 Å². The maximum atomic E-state index is 14.4. The van der Waals surface area contributed by atoms with Gasteiger partial charge in [-0.25, -0.2) is 4.79 Å². The molecule has 0 aromatic heterocycles. The molecule has 0 spiro atoms. The lowest BCUT2D eigenvalue weighted by Crippen LogP contribution is -2.61. The van der Waals surface area contributed by atoms with Gasteiger partial charge in [-0.2, -0.15) is 0 Å². The molecule has 8 nitrogen and oxygen atoms in total. The van der Waals surface area contributed by atoms with Crippen LogP contribution in [0.25, 0.3) is 6.08 Å². The van der Waals surface area contributed by atoms with E-state index in [0.29, 0.717) is 47.1 Å². The van der Waals surface area contributed by atoms with E-state index in [1.807, 2.05) is 24.3 Å². The lowest BCUT2D eigenvalue weighted by Gasteiger charge is -2.40. The van der Waals surface area contributed by atoms with Crippen LogP contribution in [0.5, 0.6) is 28.7 Å². The Morgan fingerprint density at radius 2 is 1.37 bits per heavy atom. The van der Waals surface area contributed by atoms with Crippen molar-refractivity contribution in [3.63, 3.8) is 0 Å². The molecular formula is C29H40ClN2O6+. The van der Waals surface area contributed by atoms with Gasteiger partial charge in [0.25, 0.3) is 0 Å².